The average molecular weight is 548 g/mol. The van der Waals surface area contributed by atoms with Crippen molar-refractivity contribution in [2.75, 3.05) is 26.7 Å². The van der Waals surface area contributed by atoms with Crippen LogP contribution in [0, 0.1) is 11.7 Å². The van der Waals surface area contributed by atoms with Gasteiger partial charge in [-0.1, -0.05) is 66.2 Å². The third-order valence-electron chi connectivity index (χ3n) is 8.44. The molecule has 1 aliphatic carbocycles. The molecule has 2 atom stereocenters. The molecule has 5 nitrogen and oxygen atoms in total. The van der Waals surface area contributed by atoms with E-state index < -0.39 is 5.41 Å². The third kappa shape index (κ3) is 5.73. The highest BCUT2D eigenvalue weighted by Gasteiger charge is 2.62. The summed E-state index contributed by atoms with van der Waals surface area (Å²) in [5.41, 5.74) is 1.96. The molecule has 0 spiro atoms. The van der Waals surface area contributed by atoms with Gasteiger partial charge >= 0.3 is 0 Å². The van der Waals surface area contributed by atoms with Gasteiger partial charge in [0.25, 0.3) is 0 Å². The molecule has 2 unspecified atom stereocenters. The second kappa shape index (κ2) is 11.1. The van der Waals surface area contributed by atoms with Crippen molar-refractivity contribution in [3.8, 4) is 0 Å². The molecule has 2 fully saturated rings. The van der Waals surface area contributed by atoms with E-state index in [0.717, 1.165) is 55.6 Å². The lowest BCUT2D eigenvalue weighted by Crippen LogP contribution is -2.53. The highest BCUT2D eigenvalue weighted by atomic mass is 35.5. The zero-order valence-corrected chi connectivity index (χ0v) is 23.3. The number of rotatable bonds is 8. The molecule has 7 heteroatoms. The number of hydrogen-bond acceptors (Lipinski definition) is 3. The van der Waals surface area contributed by atoms with Crippen LogP contribution in [0.15, 0.2) is 78.9 Å². The number of nitrogens with one attached hydrogen (secondary N) is 1. The molecule has 0 bridgehead atoms. The van der Waals surface area contributed by atoms with Gasteiger partial charge in [-0.2, -0.15) is 0 Å². The number of carbonyl (C=O) groups excluding carboxylic acids is 2. The van der Waals surface area contributed by atoms with Crippen molar-refractivity contribution >= 4 is 23.4 Å². The van der Waals surface area contributed by atoms with Gasteiger partial charge in [0.1, 0.15) is 5.82 Å². The van der Waals surface area contributed by atoms with Gasteiger partial charge in [0, 0.05) is 45.2 Å². The van der Waals surface area contributed by atoms with Crippen molar-refractivity contribution in [1.29, 1.82) is 0 Å². The first kappa shape index (κ1) is 27.4. The predicted octanol–water partition coefficient (Wildman–Crippen LogP) is 5.52. The van der Waals surface area contributed by atoms with Gasteiger partial charge in [-0.15, -0.1) is 0 Å². The number of likely N-dealkylation sites (tertiary alicyclic amines) is 1. The van der Waals surface area contributed by atoms with Crippen molar-refractivity contribution in [2.24, 2.45) is 5.92 Å². The van der Waals surface area contributed by atoms with E-state index in [1.54, 1.807) is 24.0 Å². The van der Waals surface area contributed by atoms with Crippen LogP contribution in [0.25, 0.3) is 0 Å². The van der Waals surface area contributed by atoms with E-state index in [0.29, 0.717) is 11.6 Å². The molecule has 3 aromatic rings. The summed E-state index contributed by atoms with van der Waals surface area (Å²) >= 11 is 6.37. The molecule has 1 N–H and O–H groups in total. The van der Waals surface area contributed by atoms with Gasteiger partial charge in [-0.25, -0.2) is 4.39 Å². The van der Waals surface area contributed by atoms with Crippen LogP contribution in [0.2, 0.25) is 5.02 Å². The van der Waals surface area contributed by atoms with Crippen LogP contribution >= 0.6 is 11.6 Å². The maximum atomic E-state index is 14.0. The SMILES string of the molecule is CC(=O)NC1(c2ccccc2)CCN(CC2CC2(C(=O)N(C)Cc2ccc(F)cc2)c2cccc(Cl)c2)CC1. The number of halogens is 2. The maximum Gasteiger partial charge on any atom is 0.233 e. The lowest BCUT2D eigenvalue weighted by atomic mass is 9.80. The van der Waals surface area contributed by atoms with Gasteiger partial charge < -0.3 is 15.1 Å². The van der Waals surface area contributed by atoms with E-state index in [1.165, 1.54) is 12.1 Å². The number of nitrogens with zero attached hydrogens (tertiary/aromatic N) is 2. The summed E-state index contributed by atoms with van der Waals surface area (Å²) in [7, 11) is 1.82. The van der Waals surface area contributed by atoms with Crippen molar-refractivity contribution in [3.05, 3.63) is 106 Å². The monoisotopic (exact) mass is 547 g/mol. The van der Waals surface area contributed by atoms with Crippen LogP contribution in [0.5, 0.6) is 0 Å². The third-order valence-corrected chi connectivity index (χ3v) is 8.67. The topological polar surface area (TPSA) is 52.7 Å². The second-order valence-corrected chi connectivity index (χ2v) is 11.5. The Kier molecular flexibility index (Phi) is 7.79. The van der Waals surface area contributed by atoms with Crippen LogP contribution in [-0.2, 0) is 27.1 Å². The van der Waals surface area contributed by atoms with Gasteiger partial charge in [0.05, 0.1) is 11.0 Å². The first-order chi connectivity index (χ1) is 18.7. The highest BCUT2D eigenvalue weighted by Crippen LogP contribution is 2.56. The van der Waals surface area contributed by atoms with E-state index in [4.69, 9.17) is 11.6 Å². The smallest absolute Gasteiger partial charge is 0.233 e. The summed E-state index contributed by atoms with van der Waals surface area (Å²) in [4.78, 5) is 30.3. The Morgan fingerprint density at radius 2 is 1.67 bits per heavy atom. The van der Waals surface area contributed by atoms with Crippen molar-refractivity contribution in [3.63, 3.8) is 0 Å². The quantitative estimate of drug-likeness (QED) is 0.404. The van der Waals surface area contributed by atoms with Crippen molar-refractivity contribution in [2.45, 2.75) is 43.7 Å². The van der Waals surface area contributed by atoms with Gasteiger partial charge in [0.15, 0.2) is 0 Å². The molecule has 0 radical (unpaired) electrons. The van der Waals surface area contributed by atoms with Crippen LogP contribution in [0.4, 0.5) is 4.39 Å². The molecule has 1 aliphatic heterocycles. The molecule has 3 aromatic carbocycles. The van der Waals surface area contributed by atoms with Crippen molar-refractivity contribution in [1.82, 2.24) is 15.1 Å². The standard InChI is InChI=1S/C32H35ClFN3O2/c1-23(38)35-31(25-7-4-3-5-8-25)15-17-37(18-16-31)22-27-20-32(27,26-9-6-10-28(33)19-26)30(39)36(2)21-24-11-13-29(34)14-12-24/h3-14,19,27H,15-18,20-22H2,1-2H3,(H,35,38). The minimum atomic E-state index is -0.634. The normalized spacial score (nSPS) is 22.2. The van der Waals surface area contributed by atoms with Crippen LogP contribution in [-0.4, -0.2) is 48.3 Å². The predicted molar refractivity (Wildman–Crippen MR) is 152 cm³/mol. The molecule has 2 amide bonds. The fraction of sp³-hybridized carbons (Fsp3) is 0.375. The minimum Gasteiger partial charge on any atom is -0.347 e. The van der Waals surface area contributed by atoms with Crippen LogP contribution in [0.3, 0.4) is 0 Å². The Morgan fingerprint density at radius 3 is 2.31 bits per heavy atom. The summed E-state index contributed by atoms with van der Waals surface area (Å²) in [6.45, 7) is 4.45. The highest BCUT2D eigenvalue weighted by molar-refractivity contribution is 6.30. The molecule has 2 aliphatic rings. The van der Waals surface area contributed by atoms with Gasteiger partial charge in [-0.05, 0) is 66.1 Å². The Labute approximate surface area is 235 Å². The second-order valence-electron chi connectivity index (χ2n) is 11.1. The average Bonchev–Trinajstić information content (AvgIpc) is 3.65. The minimum absolute atomic E-state index is 0.0238. The van der Waals surface area contributed by atoms with E-state index in [2.05, 4.69) is 22.3 Å². The lowest BCUT2D eigenvalue weighted by Gasteiger charge is -2.43. The lowest BCUT2D eigenvalue weighted by molar-refractivity contribution is -0.133. The number of piperidine rings is 1. The van der Waals surface area contributed by atoms with E-state index >= 15 is 0 Å². The summed E-state index contributed by atoms with van der Waals surface area (Å²) in [6, 6.07) is 24.1. The number of benzene rings is 3. The summed E-state index contributed by atoms with van der Waals surface area (Å²) < 4.78 is 13.4. The Hall–Kier alpha value is -3.22. The molecule has 204 valence electrons. The van der Waals surface area contributed by atoms with Crippen LogP contribution in [0.1, 0.15) is 42.9 Å². The molecule has 0 aromatic heterocycles. The number of carbonyl (C=O) groups is 2. The molecular weight excluding hydrogens is 513 g/mol. The summed E-state index contributed by atoms with van der Waals surface area (Å²) in [5, 5.41) is 3.86. The number of amides is 2. The molecule has 1 heterocycles. The number of hydrogen-bond donors (Lipinski definition) is 1. The summed E-state index contributed by atoms with van der Waals surface area (Å²) in [5.74, 6) is -0.0944. The molecule has 1 saturated heterocycles. The molecule has 39 heavy (non-hydrogen) atoms. The zero-order valence-electron chi connectivity index (χ0n) is 22.5. The fourth-order valence-corrected chi connectivity index (χ4v) is 6.53. The molecule has 1 saturated carbocycles. The Morgan fingerprint density at radius 1 is 1.00 bits per heavy atom. The first-order valence-corrected chi connectivity index (χ1v) is 13.9. The maximum absolute atomic E-state index is 14.0. The van der Waals surface area contributed by atoms with Gasteiger partial charge in [-0.3, -0.25) is 9.59 Å². The Balaban J connectivity index is 1.32. The zero-order chi connectivity index (χ0) is 27.6. The number of likely N-dealkylation sites (N-methyl/N-ethyl adjacent to an activating group) is 1. The molecule has 5 rings (SSSR count). The van der Waals surface area contributed by atoms with Crippen molar-refractivity contribution < 1.29 is 14.0 Å². The molecular formula is C32H35ClFN3O2. The summed E-state index contributed by atoms with van der Waals surface area (Å²) in [6.07, 6.45) is 2.38. The van der Waals surface area contributed by atoms with E-state index in [-0.39, 0.29) is 29.1 Å². The Bertz CT molecular complexity index is 1320. The van der Waals surface area contributed by atoms with Crippen LogP contribution < -0.4 is 5.32 Å². The fourth-order valence-electron chi connectivity index (χ4n) is 6.34. The largest absolute Gasteiger partial charge is 0.347 e. The van der Waals surface area contributed by atoms with Gasteiger partial charge in [0.2, 0.25) is 11.8 Å². The first-order valence-electron chi connectivity index (χ1n) is 13.5. The van der Waals surface area contributed by atoms with E-state index in [1.807, 2.05) is 49.5 Å². The van der Waals surface area contributed by atoms with E-state index in [9.17, 15) is 14.0 Å².